The van der Waals surface area contributed by atoms with Crippen LogP contribution in [-0.2, 0) is 4.79 Å². The van der Waals surface area contributed by atoms with Crippen LogP contribution in [0.2, 0.25) is 0 Å². The lowest BCUT2D eigenvalue weighted by atomic mass is 10.2. The number of hydrogen-bond acceptors (Lipinski definition) is 3. The molecular weight excluding hydrogens is 187 g/mol. The summed E-state index contributed by atoms with van der Waals surface area (Å²) in [7, 11) is 0. The number of hydrogen-bond donors (Lipinski definition) is 0. The molecule has 2 rings (SSSR count). The largest absolute Gasteiger partial charge is 0.331 e. The first-order valence-corrected chi connectivity index (χ1v) is 3.99. The van der Waals surface area contributed by atoms with Gasteiger partial charge in [0.25, 0.3) is 0 Å². The lowest BCUT2D eigenvalue weighted by Gasteiger charge is -1.99. The van der Waals surface area contributed by atoms with Crippen LogP contribution in [0.4, 0.5) is 4.39 Å². The van der Waals surface area contributed by atoms with E-state index in [1.807, 2.05) is 0 Å². The first-order valence-electron chi connectivity index (χ1n) is 3.99. The van der Waals surface area contributed by atoms with Crippen LogP contribution < -0.4 is 4.84 Å². The van der Waals surface area contributed by atoms with Crippen molar-refractivity contribution in [3.63, 3.8) is 0 Å². The lowest BCUT2D eigenvalue weighted by Crippen LogP contribution is -2.17. The van der Waals surface area contributed by atoms with Crippen molar-refractivity contribution in [1.29, 1.82) is 0 Å². The maximum absolute atomic E-state index is 12.8. The molecule has 0 fully saturated rings. The van der Waals surface area contributed by atoms with Crippen molar-refractivity contribution in [2.45, 2.75) is 6.92 Å². The molecular formula is C9H7FN2O2. The van der Waals surface area contributed by atoms with Crippen LogP contribution in [0, 0.1) is 5.82 Å². The molecule has 5 heteroatoms. The molecule has 14 heavy (non-hydrogen) atoms. The third-order valence-corrected chi connectivity index (χ3v) is 1.71. The molecule has 0 aliphatic carbocycles. The molecule has 4 nitrogen and oxygen atoms in total. The molecule has 0 saturated heterocycles. The molecule has 0 N–H and O–H groups in total. The monoisotopic (exact) mass is 194 g/mol. The van der Waals surface area contributed by atoms with E-state index in [1.165, 1.54) is 31.3 Å². The van der Waals surface area contributed by atoms with Crippen LogP contribution in [-0.4, -0.2) is 15.9 Å². The van der Waals surface area contributed by atoms with Gasteiger partial charge in [-0.1, -0.05) is 4.85 Å². The van der Waals surface area contributed by atoms with Crippen molar-refractivity contribution in [1.82, 2.24) is 9.94 Å². The highest BCUT2D eigenvalue weighted by Gasteiger charge is 2.05. The Morgan fingerprint density at radius 1 is 1.57 bits per heavy atom. The van der Waals surface area contributed by atoms with E-state index in [0.717, 1.165) is 4.85 Å². The fourth-order valence-corrected chi connectivity index (χ4v) is 1.17. The van der Waals surface area contributed by atoms with Crippen molar-refractivity contribution >= 4 is 16.9 Å². The Balaban J connectivity index is 2.52. The van der Waals surface area contributed by atoms with Gasteiger partial charge in [-0.15, -0.1) is 5.10 Å². The molecule has 0 radical (unpaired) electrons. The number of halogens is 1. The summed E-state index contributed by atoms with van der Waals surface area (Å²) in [5, 5.41) is 4.37. The van der Waals surface area contributed by atoms with Gasteiger partial charge < -0.3 is 4.84 Å². The number of carbonyl (C=O) groups is 1. The highest BCUT2D eigenvalue weighted by atomic mass is 19.1. The maximum Gasteiger partial charge on any atom is 0.331 e. The minimum absolute atomic E-state index is 0.347. The smallest absolute Gasteiger partial charge is 0.319 e. The van der Waals surface area contributed by atoms with Crippen LogP contribution in [0.1, 0.15) is 6.92 Å². The number of rotatable bonds is 1. The summed E-state index contributed by atoms with van der Waals surface area (Å²) in [6.45, 7) is 1.27. The number of benzene rings is 1. The number of nitrogens with zero attached hydrogens (tertiary/aromatic N) is 2. The minimum Gasteiger partial charge on any atom is -0.319 e. The standard InChI is InChI=1S/C9H7FN2O2/c1-6(13)14-12-9-3-2-8(10)4-7(9)5-11-12/h2-5H,1H3. The van der Waals surface area contributed by atoms with Crippen LogP contribution in [0.3, 0.4) is 0 Å². The zero-order valence-corrected chi connectivity index (χ0v) is 7.40. The fourth-order valence-electron chi connectivity index (χ4n) is 1.17. The second kappa shape index (κ2) is 3.10. The van der Waals surface area contributed by atoms with Gasteiger partial charge in [-0.25, -0.2) is 9.18 Å². The zero-order chi connectivity index (χ0) is 10.1. The molecule has 72 valence electrons. The molecule has 0 aliphatic heterocycles. The SMILES string of the molecule is CC(=O)On1ncc2cc(F)ccc21. The lowest BCUT2D eigenvalue weighted by molar-refractivity contribution is -0.142. The molecule has 0 spiro atoms. The number of fused-ring (bicyclic) bond motifs is 1. The van der Waals surface area contributed by atoms with Crippen molar-refractivity contribution in [2.24, 2.45) is 0 Å². The van der Waals surface area contributed by atoms with Crippen LogP contribution in [0.15, 0.2) is 24.4 Å². The Kier molecular flexibility index (Phi) is 1.92. The van der Waals surface area contributed by atoms with E-state index in [9.17, 15) is 9.18 Å². The van der Waals surface area contributed by atoms with Crippen molar-refractivity contribution in [3.05, 3.63) is 30.2 Å². The number of aromatic nitrogens is 2. The van der Waals surface area contributed by atoms with E-state index in [2.05, 4.69) is 5.10 Å². The van der Waals surface area contributed by atoms with Gasteiger partial charge >= 0.3 is 5.97 Å². The molecule has 0 atom stereocenters. The van der Waals surface area contributed by atoms with Crippen LogP contribution in [0.5, 0.6) is 0 Å². The maximum atomic E-state index is 12.8. The van der Waals surface area contributed by atoms with E-state index in [0.29, 0.717) is 10.9 Å². The molecule has 1 aromatic heterocycles. The average molecular weight is 194 g/mol. The predicted octanol–water partition coefficient (Wildman–Crippen LogP) is 1.15. The van der Waals surface area contributed by atoms with E-state index < -0.39 is 5.97 Å². The summed E-state index contributed by atoms with van der Waals surface area (Å²) >= 11 is 0. The first-order chi connectivity index (χ1) is 6.66. The third kappa shape index (κ3) is 1.44. The Morgan fingerprint density at radius 3 is 3.07 bits per heavy atom. The predicted molar refractivity (Wildman–Crippen MR) is 47.0 cm³/mol. The van der Waals surface area contributed by atoms with Crippen molar-refractivity contribution < 1.29 is 14.0 Å². The third-order valence-electron chi connectivity index (χ3n) is 1.71. The molecule has 0 unspecified atom stereocenters. The van der Waals surface area contributed by atoms with Gasteiger partial charge in [-0.05, 0) is 18.2 Å². The molecule has 1 aromatic carbocycles. The van der Waals surface area contributed by atoms with Crippen LogP contribution in [0.25, 0.3) is 10.9 Å². The average Bonchev–Trinajstić information content (AvgIpc) is 2.47. The van der Waals surface area contributed by atoms with E-state index >= 15 is 0 Å². The number of carbonyl (C=O) groups excluding carboxylic acids is 1. The fraction of sp³-hybridized carbons (Fsp3) is 0.111. The van der Waals surface area contributed by atoms with Crippen LogP contribution >= 0.6 is 0 Å². The molecule has 0 bridgehead atoms. The summed E-state index contributed by atoms with van der Waals surface area (Å²) in [6.07, 6.45) is 1.43. The molecule has 1 heterocycles. The highest BCUT2D eigenvalue weighted by Crippen LogP contribution is 2.13. The minimum atomic E-state index is -0.473. The van der Waals surface area contributed by atoms with Gasteiger partial charge in [0.05, 0.1) is 6.20 Å². The summed E-state index contributed by atoms with van der Waals surface area (Å²) in [5.41, 5.74) is 0.557. The van der Waals surface area contributed by atoms with Gasteiger partial charge in [-0.2, -0.15) is 0 Å². The quantitative estimate of drug-likeness (QED) is 0.684. The van der Waals surface area contributed by atoms with Crippen molar-refractivity contribution in [3.8, 4) is 0 Å². The van der Waals surface area contributed by atoms with Gasteiger partial charge in [0.1, 0.15) is 11.3 Å². The highest BCUT2D eigenvalue weighted by molar-refractivity contribution is 5.79. The second-order valence-corrected chi connectivity index (χ2v) is 2.80. The Morgan fingerprint density at radius 2 is 2.36 bits per heavy atom. The van der Waals surface area contributed by atoms with E-state index in [1.54, 1.807) is 0 Å². The summed E-state index contributed by atoms with van der Waals surface area (Å²) in [4.78, 5) is 16.5. The van der Waals surface area contributed by atoms with Gasteiger partial charge in [-0.3, -0.25) is 0 Å². The summed E-state index contributed by atoms with van der Waals surface area (Å²) in [6, 6.07) is 4.10. The Bertz CT molecular complexity index is 493. The van der Waals surface area contributed by atoms with Gasteiger partial charge in [0, 0.05) is 12.3 Å². The topological polar surface area (TPSA) is 44.1 Å². The molecule has 0 saturated carbocycles. The zero-order valence-electron chi connectivity index (χ0n) is 7.40. The summed E-state index contributed by atoms with van der Waals surface area (Å²) in [5.74, 6) is -0.820. The van der Waals surface area contributed by atoms with Gasteiger partial charge in [0.15, 0.2) is 0 Å². The van der Waals surface area contributed by atoms with Gasteiger partial charge in [0.2, 0.25) is 0 Å². The van der Waals surface area contributed by atoms with E-state index in [4.69, 9.17) is 4.84 Å². The Labute approximate surface area is 78.8 Å². The molecule has 0 amide bonds. The van der Waals surface area contributed by atoms with Crippen molar-refractivity contribution in [2.75, 3.05) is 0 Å². The molecule has 0 aliphatic rings. The summed E-state index contributed by atoms with van der Waals surface area (Å²) < 4.78 is 12.8. The molecule has 2 aromatic rings. The van der Waals surface area contributed by atoms with E-state index in [-0.39, 0.29) is 5.82 Å². The first kappa shape index (κ1) is 8.68. The normalized spacial score (nSPS) is 10.4. The Hall–Kier alpha value is -1.91. The second-order valence-electron chi connectivity index (χ2n) is 2.80.